The first-order valence-electron chi connectivity index (χ1n) is 11.1. The summed E-state index contributed by atoms with van der Waals surface area (Å²) < 4.78 is 0. The third-order valence-corrected chi connectivity index (χ3v) is 6.84. The Morgan fingerprint density at radius 3 is 2.45 bits per heavy atom. The smallest absolute Gasteiger partial charge is 0.254 e. The van der Waals surface area contributed by atoms with E-state index in [9.17, 15) is 4.79 Å². The predicted octanol–water partition coefficient (Wildman–Crippen LogP) is 4.05. The van der Waals surface area contributed by atoms with E-state index in [0.29, 0.717) is 11.4 Å². The van der Waals surface area contributed by atoms with Crippen molar-refractivity contribution >= 4 is 5.82 Å². The van der Waals surface area contributed by atoms with Crippen LogP contribution in [0.15, 0.2) is 23.1 Å². The van der Waals surface area contributed by atoms with Gasteiger partial charge in [-0.3, -0.25) is 9.69 Å². The summed E-state index contributed by atoms with van der Waals surface area (Å²) in [5.74, 6) is 1.47. The summed E-state index contributed by atoms with van der Waals surface area (Å²) in [5.41, 5.74) is 2.44. The molecule has 1 aliphatic heterocycles. The predicted molar refractivity (Wildman–Crippen MR) is 117 cm³/mol. The zero-order chi connectivity index (χ0) is 20.3. The van der Waals surface area contributed by atoms with Crippen molar-refractivity contribution in [2.75, 3.05) is 25.0 Å². The van der Waals surface area contributed by atoms with Gasteiger partial charge in [0.05, 0.1) is 0 Å². The molecule has 1 aliphatic carbocycles. The molecule has 29 heavy (non-hydrogen) atoms. The van der Waals surface area contributed by atoms with Gasteiger partial charge in [0.2, 0.25) is 0 Å². The monoisotopic (exact) mass is 395 g/mol. The summed E-state index contributed by atoms with van der Waals surface area (Å²) in [4.78, 5) is 26.7. The van der Waals surface area contributed by atoms with Crippen LogP contribution in [0, 0.1) is 13.8 Å². The van der Waals surface area contributed by atoms with Crippen molar-refractivity contribution in [3.05, 3.63) is 39.9 Å². The molecule has 2 N–H and O–H groups in total. The Hall–Kier alpha value is -2.21. The quantitative estimate of drug-likeness (QED) is 0.799. The minimum atomic E-state index is -0.0875. The van der Waals surface area contributed by atoms with E-state index in [2.05, 4.69) is 25.2 Å². The molecule has 0 spiro atoms. The molecule has 0 unspecified atom stereocenters. The third kappa shape index (κ3) is 4.37. The van der Waals surface area contributed by atoms with E-state index in [-0.39, 0.29) is 11.1 Å². The summed E-state index contributed by atoms with van der Waals surface area (Å²) in [6, 6.07) is 3.98. The molecule has 1 saturated carbocycles. The van der Waals surface area contributed by atoms with Gasteiger partial charge >= 0.3 is 0 Å². The number of aromatic nitrogens is 3. The minimum Gasteiger partial charge on any atom is -0.368 e. The molecular formula is C23H33N5O. The summed E-state index contributed by atoms with van der Waals surface area (Å²) in [6.07, 6.45) is 12.4. The van der Waals surface area contributed by atoms with Crippen LogP contribution in [0.1, 0.15) is 62.6 Å². The van der Waals surface area contributed by atoms with Crippen LogP contribution >= 0.6 is 0 Å². The molecule has 2 aromatic heterocycles. The van der Waals surface area contributed by atoms with Crippen molar-refractivity contribution in [3.8, 4) is 11.4 Å². The molecule has 0 atom stereocenters. The standard InChI is InChI=1S/C23H33N5O/c1-17-18(2)26-21(27-22(17)29)19-9-10-20(24-15-19)25-16-23(11-5-3-6-12-23)28-13-7-4-8-14-28/h9-10,15H,3-8,11-14,16H2,1-2H3,(H,24,25)(H,26,27,29). The lowest BCUT2D eigenvalue weighted by molar-refractivity contribution is 0.0437. The molecule has 0 amide bonds. The van der Waals surface area contributed by atoms with Crippen molar-refractivity contribution < 1.29 is 0 Å². The van der Waals surface area contributed by atoms with E-state index >= 15 is 0 Å². The van der Waals surface area contributed by atoms with Gasteiger partial charge < -0.3 is 10.3 Å². The van der Waals surface area contributed by atoms with Gasteiger partial charge in [-0.2, -0.15) is 0 Å². The molecule has 0 aromatic carbocycles. The highest BCUT2D eigenvalue weighted by atomic mass is 16.1. The van der Waals surface area contributed by atoms with Crippen molar-refractivity contribution in [2.45, 2.75) is 70.8 Å². The average Bonchev–Trinajstić information content (AvgIpc) is 2.77. The van der Waals surface area contributed by atoms with Crippen molar-refractivity contribution in [1.82, 2.24) is 19.9 Å². The average molecular weight is 396 g/mol. The lowest BCUT2D eigenvalue weighted by atomic mass is 9.79. The highest BCUT2D eigenvalue weighted by Gasteiger charge is 2.38. The van der Waals surface area contributed by atoms with Gasteiger partial charge in [0.1, 0.15) is 11.6 Å². The maximum Gasteiger partial charge on any atom is 0.254 e. The minimum absolute atomic E-state index is 0.0875. The summed E-state index contributed by atoms with van der Waals surface area (Å²) in [7, 11) is 0. The SMILES string of the molecule is Cc1nc(-c2ccc(NCC3(N4CCCCC4)CCCCC3)nc2)[nH]c(=O)c1C. The number of piperidine rings is 1. The zero-order valence-electron chi connectivity index (χ0n) is 17.8. The molecule has 0 bridgehead atoms. The fourth-order valence-corrected chi connectivity index (χ4v) is 4.86. The number of rotatable bonds is 5. The second-order valence-electron chi connectivity index (χ2n) is 8.74. The van der Waals surface area contributed by atoms with Gasteiger partial charge in [-0.15, -0.1) is 0 Å². The molecule has 1 saturated heterocycles. The molecule has 0 radical (unpaired) electrons. The number of hydrogen-bond acceptors (Lipinski definition) is 5. The van der Waals surface area contributed by atoms with Crippen LogP contribution in [0.25, 0.3) is 11.4 Å². The third-order valence-electron chi connectivity index (χ3n) is 6.84. The van der Waals surface area contributed by atoms with Gasteiger partial charge in [-0.25, -0.2) is 9.97 Å². The number of H-pyrrole nitrogens is 1. The fraction of sp³-hybridized carbons (Fsp3) is 0.609. The first kappa shape index (κ1) is 20.1. The molecule has 2 fully saturated rings. The van der Waals surface area contributed by atoms with Gasteiger partial charge in [0, 0.05) is 35.1 Å². The van der Waals surface area contributed by atoms with E-state index < -0.39 is 0 Å². The summed E-state index contributed by atoms with van der Waals surface area (Å²) in [5, 5.41) is 3.62. The number of likely N-dealkylation sites (tertiary alicyclic amines) is 1. The Labute approximate surface area is 173 Å². The Kier molecular flexibility index (Phi) is 5.99. The van der Waals surface area contributed by atoms with Crippen LogP contribution in [0.4, 0.5) is 5.82 Å². The number of nitrogens with one attached hydrogen (secondary N) is 2. The lowest BCUT2D eigenvalue weighted by Gasteiger charge is -2.48. The molecular weight excluding hydrogens is 362 g/mol. The molecule has 2 aliphatic rings. The zero-order valence-corrected chi connectivity index (χ0v) is 17.8. The Morgan fingerprint density at radius 1 is 1.07 bits per heavy atom. The number of anilines is 1. The molecule has 4 rings (SSSR count). The maximum absolute atomic E-state index is 12.0. The number of aromatic amines is 1. The maximum atomic E-state index is 12.0. The largest absolute Gasteiger partial charge is 0.368 e. The van der Waals surface area contributed by atoms with Crippen LogP contribution in [0.2, 0.25) is 0 Å². The van der Waals surface area contributed by atoms with E-state index in [1.165, 1.54) is 64.5 Å². The fourth-order valence-electron chi connectivity index (χ4n) is 4.86. The summed E-state index contributed by atoms with van der Waals surface area (Å²) >= 11 is 0. The number of hydrogen-bond donors (Lipinski definition) is 2. The molecule has 2 aromatic rings. The first-order valence-corrected chi connectivity index (χ1v) is 11.1. The summed E-state index contributed by atoms with van der Waals surface area (Å²) in [6.45, 7) is 7.08. The van der Waals surface area contributed by atoms with Crippen molar-refractivity contribution in [3.63, 3.8) is 0 Å². The van der Waals surface area contributed by atoms with E-state index in [4.69, 9.17) is 0 Å². The van der Waals surface area contributed by atoms with Crippen LogP contribution in [0.5, 0.6) is 0 Å². The highest BCUT2D eigenvalue weighted by Crippen LogP contribution is 2.35. The lowest BCUT2D eigenvalue weighted by Crippen LogP contribution is -2.56. The molecule has 6 nitrogen and oxygen atoms in total. The van der Waals surface area contributed by atoms with E-state index in [1.54, 1.807) is 13.1 Å². The Balaban J connectivity index is 1.47. The Bertz CT molecular complexity index is 877. The van der Waals surface area contributed by atoms with Gasteiger partial charge in [-0.1, -0.05) is 25.7 Å². The topological polar surface area (TPSA) is 73.9 Å². The number of aryl methyl sites for hydroxylation is 1. The van der Waals surface area contributed by atoms with Crippen LogP contribution < -0.4 is 10.9 Å². The number of pyridine rings is 1. The second kappa shape index (κ2) is 8.66. The van der Waals surface area contributed by atoms with Crippen LogP contribution in [0.3, 0.4) is 0 Å². The van der Waals surface area contributed by atoms with E-state index in [1.807, 2.05) is 19.1 Å². The van der Waals surface area contributed by atoms with Crippen molar-refractivity contribution in [1.29, 1.82) is 0 Å². The molecule has 156 valence electrons. The van der Waals surface area contributed by atoms with E-state index in [0.717, 1.165) is 23.6 Å². The molecule has 6 heteroatoms. The van der Waals surface area contributed by atoms with Gasteiger partial charge in [0.15, 0.2) is 0 Å². The first-order chi connectivity index (χ1) is 14.1. The molecule has 3 heterocycles. The number of nitrogens with zero attached hydrogens (tertiary/aromatic N) is 3. The van der Waals surface area contributed by atoms with Crippen LogP contribution in [-0.4, -0.2) is 45.0 Å². The van der Waals surface area contributed by atoms with Crippen LogP contribution in [-0.2, 0) is 0 Å². The Morgan fingerprint density at radius 2 is 1.79 bits per heavy atom. The highest BCUT2D eigenvalue weighted by molar-refractivity contribution is 5.56. The van der Waals surface area contributed by atoms with Gasteiger partial charge in [-0.05, 0) is 64.8 Å². The van der Waals surface area contributed by atoms with Gasteiger partial charge in [0.25, 0.3) is 5.56 Å². The normalized spacial score (nSPS) is 19.8. The second-order valence-corrected chi connectivity index (χ2v) is 8.74. The van der Waals surface area contributed by atoms with Crippen molar-refractivity contribution in [2.24, 2.45) is 0 Å².